The number of pyridine rings is 1. The highest BCUT2D eigenvalue weighted by Crippen LogP contribution is 2.40. The molecule has 4 aromatic rings. The topological polar surface area (TPSA) is 144 Å². The molecule has 45 heavy (non-hydrogen) atoms. The van der Waals surface area contributed by atoms with Crippen molar-refractivity contribution in [3.63, 3.8) is 0 Å². The van der Waals surface area contributed by atoms with Gasteiger partial charge in [0, 0.05) is 48.0 Å². The number of halogens is 2. The van der Waals surface area contributed by atoms with Gasteiger partial charge in [0.25, 0.3) is 18.2 Å². The number of nitrogens with one attached hydrogen (secondary N) is 2. The Balaban J connectivity index is 1.01. The molecule has 1 atom stereocenters. The number of carbonyl (C=O) groups excluding carboxylic acids is 4. The number of piperidine rings is 1. The largest absolute Gasteiger partial charge is 0.385 e. The lowest BCUT2D eigenvalue weighted by Gasteiger charge is -2.35. The minimum atomic E-state index is -2.76. The third kappa shape index (κ3) is 4.93. The smallest absolute Gasteiger partial charge is 0.282 e. The molecule has 232 valence electrons. The van der Waals surface area contributed by atoms with Gasteiger partial charge in [-0.15, -0.1) is 0 Å². The van der Waals surface area contributed by atoms with Crippen molar-refractivity contribution in [1.29, 1.82) is 0 Å². The fourth-order valence-corrected chi connectivity index (χ4v) is 6.38. The first-order valence-electron chi connectivity index (χ1n) is 14.9. The summed E-state index contributed by atoms with van der Waals surface area (Å²) in [6.45, 7) is 4.57. The molecule has 3 aromatic heterocycles. The van der Waals surface area contributed by atoms with Gasteiger partial charge in [-0.3, -0.25) is 43.7 Å². The van der Waals surface area contributed by atoms with Crippen molar-refractivity contribution in [1.82, 2.24) is 34.8 Å². The number of rotatable bonds is 8. The Kier molecular flexibility index (Phi) is 6.94. The van der Waals surface area contributed by atoms with E-state index in [1.165, 1.54) is 0 Å². The maximum absolute atomic E-state index is 14.1. The summed E-state index contributed by atoms with van der Waals surface area (Å²) >= 11 is 0. The van der Waals surface area contributed by atoms with Crippen molar-refractivity contribution in [2.45, 2.75) is 64.1 Å². The Morgan fingerprint density at radius 1 is 1.02 bits per heavy atom. The number of amides is 4. The highest BCUT2D eigenvalue weighted by molar-refractivity contribution is 6.23. The Bertz CT molecular complexity index is 1880. The summed E-state index contributed by atoms with van der Waals surface area (Å²) in [6.07, 6.45) is 3.83. The van der Waals surface area contributed by atoms with Crippen LogP contribution in [0, 0.1) is 5.92 Å². The zero-order valence-electron chi connectivity index (χ0n) is 24.5. The van der Waals surface area contributed by atoms with Crippen molar-refractivity contribution in [3.05, 3.63) is 59.7 Å². The lowest BCUT2D eigenvalue weighted by Crippen LogP contribution is -2.54. The van der Waals surface area contributed by atoms with E-state index in [2.05, 4.69) is 25.8 Å². The second-order valence-corrected chi connectivity index (χ2v) is 12.1. The van der Waals surface area contributed by atoms with E-state index in [1.54, 1.807) is 47.5 Å². The maximum Gasteiger partial charge on any atom is 0.282 e. The van der Waals surface area contributed by atoms with Crippen molar-refractivity contribution < 1.29 is 28.0 Å². The van der Waals surface area contributed by atoms with Crippen LogP contribution in [0.4, 0.5) is 14.5 Å². The van der Waals surface area contributed by atoms with Crippen molar-refractivity contribution in [2.24, 2.45) is 5.92 Å². The molecule has 1 saturated heterocycles. The molecule has 1 saturated carbocycles. The molecule has 0 spiro atoms. The second kappa shape index (κ2) is 10.9. The van der Waals surface area contributed by atoms with Gasteiger partial charge in [-0.2, -0.15) is 10.2 Å². The zero-order valence-corrected chi connectivity index (χ0v) is 24.5. The fraction of sp³-hybridized carbons (Fsp3) is 0.387. The number of alkyl halides is 2. The second-order valence-electron chi connectivity index (χ2n) is 12.1. The van der Waals surface area contributed by atoms with E-state index in [4.69, 9.17) is 0 Å². The summed E-state index contributed by atoms with van der Waals surface area (Å²) in [5, 5.41) is 15.0. The van der Waals surface area contributed by atoms with Crippen LogP contribution >= 0.6 is 0 Å². The first-order chi connectivity index (χ1) is 21.6. The summed E-state index contributed by atoms with van der Waals surface area (Å²) in [7, 11) is 0. The molecular weight excluding hydrogens is 586 g/mol. The van der Waals surface area contributed by atoms with Crippen LogP contribution in [-0.2, 0) is 9.59 Å². The average Bonchev–Trinajstić information content (AvgIpc) is 3.67. The predicted octanol–water partition coefficient (Wildman–Crippen LogP) is 4.28. The van der Waals surface area contributed by atoms with Gasteiger partial charge in [0.1, 0.15) is 11.7 Å². The van der Waals surface area contributed by atoms with Crippen LogP contribution in [0.5, 0.6) is 0 Å². The van der Waals surface area contributed by atoms with Gasteiger partial charge in [0.15, 0.2) is 0 Å². The molecule has 2 aliphatic heterocycles. The fourth-order valence-electron chi connectivity index (χ4n) is 6.38. The SMILES string of the molecule is CC(C)n1ncc2cnc(-c3cn(C4CC(CNc5ccc6c(c5)C(=O)N(C5CCC(=O)NC5=O)C6=O)C4)nc3C(F)F)cc21. The third-order valence-electron chi connectivity index (χ3n) is 8.83. The Labute approximate surface area is 255 Å². The molecule has 1 unspecified atom stereocenters. The maximum atomic E-state index is 14.1. The highest BCUT2D eigenvalue weighted by Gasteiger charge is 2.44. The zero-order chi connectivity index (χ0) is 31.6. The molecule has 7 rings (SSSR count). The summed E-state index contributed by atoms with van der Waals surface area (Å²) in [5.41, 5.74) is 2.30. The molecular formula is C31H30F2N8O4. The molecule has 4 amide bonds. The number of imide groups is 2. The van der Waals surface area contributed by atoms with E-state index in [0.717, 1.165) is 28.6 Å². The summed E-state index contributed by atoms with van der Waals surface area (Å²) < 4.78 is 31.6. The third-order valence-corrected chi connectivity index (χ3v) is 8.83. The van der Waals surface area contributed by atoms with E-state index < -0.39 is 36.1 Å². The van der Waals surface area contributed by atoms with Crippen LogP contribution in [0.15, 0.2) is 42.9 Å². The van der Waals surface area contributed by atoms with E-state index in [9.17, 15) is 28.0 Å². The van der Waals surface area contributed by atoms with E-state index in [0.29, 0.717) is 23.5 Å². The molecule has 14 heteroatoms. The minimum absolute atomic E-state index is 0.0470. The van der Waals surface area contributed by atoms with Gasteiger partial charge in [0.2, 0.25) is 11.8 Å². The monoisotopic (exact) mass is 616 g/mol. The number of hydrogen-bond acceptors (Lipinski definition) is 8. The number of fused-ring (bicyclic) bond motifs is 2. The molecule has 2 fully saturated rings. The van der Waals surface area contributed by atoms with Crippen LogP contribution in [0.2, 0.25) is 0 Å². The Hall–Kier alpha value is -5.01. The number of anilines is 1. The minimum Gasteiger partial charge on any atom is -0.385 e. The highest BCUT2D eigenvalue weighted by atomic mass is 19.3. The lowest BCUT2D eigenvalue weighted by atomic mass is 9.80. The molecule has 5 heterocycles. The van der Waals surface area contributed by atoms with Gasteiger partial charge in [0.05, 0.1) is 34.6 Å². The lowest BCUT2D eigenvalue weighted by molar-refractivity contribution is -0.136. The first-order valence-corrected chi connectivity index (χ1v) is 14.9. The summed E-state index contributed by atoms with van der Waals surface area (Å²) in [6, 6.07) is 5.68. The molecule has 0 radical (unpaired) electrons. The van der Waals surface area contributed by atoms with Crippen LogP contribution in [0.1, 0.15) is 84.4 Å². The first kappa shape index (κ1) is 28.7. The van der Waals surface area contributed by atoms with Crippen LogP contribution < -0.4 is 10.6 Å². The van der Waals surface area contributed by atoms with Gasteiger partial charge in [-0.25, -0.2) is 8.78 Å². The molecule has 3 aliphatic rings. The Morgan fingerprint density at radius 2 is 1.80 bits per heavy atom. The van der Waals surface area contributed by atoms with Gasteiger partial charge >= 0.3 is 0 Å². The van der Waals surface area contributed by atoms with E-state index in [-0.39, 0.29) is 47.7 Å². The van der Waals surface area contributed by atoms with Gasteiger partial charge < -0.3 is 5.32 Å². The van der Waals surface area contributed by atoms with Crippen molar-refractivity contribution in [2.75, 3.05) is 11.9 Å². The molecule has 1 aliphatic carbocycles. The molecule has 0 bridgehead atoms. The van der Waals surface area contributed by atoms with Crippen LogP contribution in [0.3, 0.4) is 0 Å². The number of hydrogen-bond donors (Lipinski definition) is 2. The number of nitrogens with zero attached hydrogens (tertiary/aromatic N) is 6. The van der Waals surface area contributed by atoms with E-state index in [1.807, 2.05) is 18.5 Å². The standard InChI is InChI=1S/C31H30F2N8O4/c1-15(2)41-25-10-23(35-12-17(25)13-36-41)22-14-39(38-27(22)28(32)33)19-7-16(8-19)11-34-18-3-4-20-21(9-18)31(45)40(30(20)44)24-5-6-26(42)37-29(24)43/h3-4,9-10,12-16,19,24,28,34H,5-8,11H2,1-2H3,(H,37,42,43). The Morgan fingerprint density at radius 3 is 2.53 bits per heavy atom. The average molecular weight is 617 g/mol. The number of carbonyl (C=O) groups is 4. The van der Waals surface area contributed by atoms with Crippen molar-refractivity contribution in [3.8, 4) is 11.3 Å². The van der Waals surface area contributed by atoms with Gasteiger partial charge in [-0.05, 0) is 63.3 Å². The number of aromatic nitrogens is 5. The number of benzene rings is 1. The molecule has 2 N–H and O–H groups in total. The quantitative estimate of drug-likeness (QED) is 0.279. The normalized spacial score (nSPS) is 21.6. The van der Waals surface area contributed by atoms with Gasteiger partial charge in [-0.1, -0.05) is 0 Å². The van der Waals surface area contributed by atoms with Crippen LogP contribution in [0.25, 0.3) is 22.2 Å². The molecule has 1 aromatic carbocycles. The molecule has 12 nitrogen and oxygen atoms in total. The predicted molar refractivity (Wildman–Crippen MR) is 157 cm³/mol. The summed E-state index contributed by atoms with van der Waals surface area (Å²) in [5.74, 6) is -1.97. The van der Waals surface area contributed by atoms with Crippen molar-refractivity contribution >= 4 is 40.2 Å². The van der Waals surface area contributed by atoms with Crippen LogP contribution in [-0.4, -0.2) is 65.7 Å². The summed E-state index contributed by atoms with van der Waals surface area (Å²) in [4.78, 5) is 55.2. The van der Waals surface area contributed by atoms with E-state index >= 15 is 0 Å².